The normalized spacial score (nSPS) is 16.9. The van der Waals surface area contributed by atoms with E-state index in [0.29, 0.717) is 10.6 Å². The average molecular weight is 290 g/mol. The van der Waals surface area contributed by atoms with Gasteiger partial charge >= 0.3 is 0 Å². The minimum absolute atomic E-state index is 0.00251. The molecule has 0 aliphatic heterocycles. The standard InChI is InChI=1S/C15H10B3ClO2/c16-11-10(14(20)13(18)15(21)12(11)17)9-3-1-6-5-7(19)2-4-8(6)9/h2,4-5,9,20-21H,1,3H2/t9-/m1/s1. The summed E-state index contributed by atoms with van der Waals surface area (Å²) in [5, 5.41) is 20.7. The van der Waals surface area contributed by atoms with Crippen LogP contribution in [0.15, 0.2) is 18.2 Å². The van der Waals surface area contributed by atoms with E-state index < -0.39 is 0 Å². The van der Waals surface area contributed by atoms with Crippen LogP contribution in [0.5, 0.6) is 11.5 Å². The van der Waals surface area contributed by atoms with E-state index in [9.17, 15) is 10.2 Å². The van der Waals surface area contributed by atoms with Crippen LogP contribution in [0.3, 0.4) is 0 Å². The van der Waals surface area contributed by atoms with Crippen molar-refractivity contribution < 1.29 is 10.2 Å². The summed E-state index contributed by atoms with van der Waals surface area (Å²) in [5.41, 5.74) is 2.68. The van der Waals surface area contributed by atoms with E-state index in [1.807, 2.05) is 12.1 Å². The monoisotopic (exact) mass is 290 g/mol. The van der Waals surface area contributed by atoms with Gasteiger partial charge in [-0.25, -0.2) is 0 Å². The largest absolute Gasteiger partial charge is 0.509 e. The lowest BCUT2D eigenvalue weighted by molar-refractivity contribution is 0.455. The van der Waals surface area contributed by atoms with Crippen molar-refractivity contribution in [3.63, 3.8) is 0 Å². The molecule has 0 aromatic heterocycles. The SMILES string of the molecule is [B]c1c([B])c([C@@H]2CCc3cc(Cl)ccc32)c(O)c([B])c1O. The molecule has 1 atom stereocenters. The summed E-state index contributed by atoms with van der Waals surface area (Å²) >= 11 is 6.00. The van der Waals surface area contributed by atoms with Crippen molar-refractivity contribution in [1.82, 2.24) is 0 Å². The molecule has 0 bridgehead atoms. The number of fused-ring (bicyclic) bond motifs is 1. The second kappa shape index (κ2) is 5.06. The molecule has 2 aromatic rings. The number of rotatable bonds is 1. The van der Waals surface area contributed by atoms with Crippen molar-refractivity contribution in [2.75, 3.05) is 0 Å². The average Bonchev–Trinajstić information content (AvgIpc) is 2.86. The highest BCUT2D eigenvalue weighted by atomic mass is 35.5. The number of hydrogen-bond acceptors (Lipinski definition) is 2. The summed E-state index contributed by atoms with van der Waals surface area (Å²) in [6.45, 7) is 0. The molecule has 2 N–H and O–H groups in total. The van der Waals surface area contributed by atoms with Gasteiger partial charge in [0.2, 0.25) is 0 Å². The first kappa shape index (κ1) is 14.5. The maximum absolute atomic E-state index is 10.3. The van der Waals surface area contributed by atoms with Crippen LogP contribution in [-0.4, -0.2) is 33.8 Å². The number of aromatic hydroxyl groups is 2. The minimum Gasteiger partial charge on any atom is -0.509 e. The molecule has 0 fully saturated rings. The second-order valence-electron chi connectivity index (χ2n) is 5.29. The molecule has 3 rings (SSSR count). The first-order valence-corrected chi connectivity index (χ1v) is 6.96. The van der Waals surface area contributed by atoms with Gasteiger partial charge in [-0.1, -0.05) is 28.6 Å². The van der Waals surface area contributed by atoms with Gasteiger partial charge < -0.3 is 10.2 Å². The Morgan fingerprint density at radius 1 is 1.00 bits per heavy atom. The Morgan fingerprint density at radius 2 is 1.71 bits per heavy atom. The first-order valence-electron chi connectivity index (χ1n) is 6.58. The van der Waals surface area contributed by atoms with Gasteiger partial charge in [-0.05, 0) is 47.1 Å². The molecule has 1 aliphatic carbocycles. The van der Waals surface area contributed by atoms with Crippen LogP contribution in [0.2, 0.25) is 5.02 Å². The van der Waals surface area contributed by atoms with Crippen molar-refractivity contribution in [3.8, 4) is 11.5 Å². The quantitative estimate of drug-likeness (QED) is 0.737. The van der Waals surface area contributed by atoms with E-state index in [-0.39, 0.29) is 33.8 Å². The van der Waals surface area contributed by atoms with E-state index in [1.165, 1.54) is 0 Å². The van der Waals surface area contributed by atoms with Gasteiger partial charge in [0.05, 0.1) is 0 Å². The Morgan fingerprint density at radius 3 is 2.43 bits per heavy atom. The Hall–Kier alpha value is -1.48. The van der Waals surface area contributed by atoms with Gasteiger partial charge in [0.25, 0.3) is 0 Å². The highest BCUT2D eigenvalue weighted by Gasteiger charge is 2.29. The third-order valence-corrected chi connectivity index (χ3v) is 4.37. The molecule has 0 spiro atoms. The van der Waals surface area contributed by atoms with Crippen molar-refractivity contribution in [1.29, 1.82) is 0 Å². The maximum atomic E-state index is 10.3. The molecular formula is C15H10B3ClO2. The molecule has 0 unspecified atom stereocenters. The molecule has 2 nitrogen and oxygen atoms in total. The zero-order chi connectivity index (χ0) is 15.3. The molecule has 6 heteroatoms. The van der Waals surface area contributed by atoms with Crippen LogP contribution >= 0.6 is 11.6 Å². The van der Waals surface area contributed by atoms with Crippen molar-refractivity contribution >= 4 is 51.5 Å². The lowest BCUT2D eigenvalue weighted by Gasteiger charge is -2.22. The van der Waals surface area contributed by atoms with Crippen LogP contribution in [0, 0.1) is 0 Å². The lowest BCUT2D eigenvalue weighted by atomic mass is 9.69. The van der Waals surface area contributed by atoms with Gasteiger partial charge in [0.1, 0.15) is 35.0 Å². The van der Waals surface area contributed by atoms with E-state index in [2.05, 4.69) is 0 Å². The molecule has 1 aliphatic rings. The van der Waals surface area contributed by atoms with Crippen molar-refractivity contribution in [2.45, 2.75) is 18.8 Å². The number of phenols is 2. The van der Waals surface area contributed by atoms with E-state index >= 15 is 0 Å². The van der Waals surface area contributed by atoms with E-state index in [1.54, 1.807) is 6.07 Å². The Labute approximate surface area is 132 Å². The second-order valence-corrected chi connectivity index (χ2v) is 5.72. The van der Waals surface area contributed by atoms with E-state index in [4.69, 9.17) is 35.1 Å². The highest BCUT2D eigenvalue weighted by molar-refractivity contribution is 6.53. The van der Waals surface area contributed by atoms with Crippen LogP contribution < -0.4 is 16.4 Å². The summed E-state index contributed by atoms with van der Waals surface area (Å²) in [5.74, 6) is -0.683. The maximum Gasteiger partial charge on any atom is 0.124 e. The van der Waals surface area contributed by atoms with Gasteiger partial charge in [0, 0.05) is 10.9 Å². The highest BCUT2D eigenvalue weighted by Crippen LogP contribution is 2.41. The fourth-order valence-corrected chi connectivity index (χ4v) is 3.24. The van der Waals surface area contributed by atoms with Crippen molar-refractivity contribution in [3.05, 3.63) is 39.9 Å². The number of phenolic OH excluding ortho intramolecular Hbond substituents is 2. The molecule has 21 heavy (non-hydrogen) atoms. The Kier molecular flexibility index (Phi) is 3.49. The molecule has 0 amide bonds. The molecule has 2 aromatic carbocycles. The molecule has 98 valence electrons. The number of hydrogen-bond donors (Lipinski definition) is 2. The zero-order valence-electron chi connectivity index (χ0n) is 11.2. The van der Waals surface area contributed by atoms with Gasteiger partial charge in [0.15, 0.2) is 0 Å². The fourth-order valence-electron chi connectivity index (χ4n) is 3.04. The molecule has 0 heterocycles. The van der Waals surface area contributed by atoms with Crippen molar-refractivity contribution in [2.24, 2.45) is 0 Å². The first-order chi connectivity index (χ1) is 9.91. The molecular weight excluding hydrogens is 280 g/mol. The Bertz CT molecular complexity index is 717. The third kappa shape index (κ3) is 2.15. The predicted molar refractivity (Wildman–Crippen MR) is 87.6 cm³/mol. The topological polar surface area (TPSA) is 40.5 Å². The molecule has 0 saturated heterocycles. The number of benzene rings is 2. The predicted octanol–water partition coefficient (Wildman–Crippen LogP) is 0.211. The van der Waals surface area contributed by atoms with Crippen LogP contribution in [0.25, 0.3) is 0 Å². The van der Waals surface area contributed by atoms with Gasteiger partial charge in [-0.2, -0.15) is 0 Å². The zero-order valence-corrected chi connectivity index (χ0v) is 12.0. The summed E-state index contributed by atoms with van der Waals surface area (Å²) in [6, 6.07) is 5.64. The van der Waals surface area contributed by atoms with Crippen LogP contribution in [-0.2, 0) is 6.42 Å². The summed E-state index contributed by atoms with van der Waals surface area (Å²) in [7, 11) is 17.5. The number of aryl methyl sites for hydroxylation is 1. The van der Waals surface area contributed by atoms with E-state index in [0.717, 1.165) is 24.0 Å². The fraction of sp³-hybridized carbons (Fsp3) is 0.200. The number of halogens is 1. The lowest BCUT2D eigenvalue weighted by Crippen LogP contribution is -2.35. The third-order valence-electron chi connectivity index (χ3n) is 4.13. The molecule has 0 saturated carbocycles. The summed E-state index contributed by atoms with van der Waals surface area (Å²) in [4.78, 5) is 0. The summed E-state index contributed by atoms with van der Waals surface area (Å²) < 4.78 is 0. The van der Waals surface area contributed by atoms with Crippen LogP contribution in [0.4, 0.5) is 0 Å². The van der Waals surface area contributed by atoms with Crippen LogP contribution in [0.1, 0.15) is 29.0 Å². The summed E-state index contributed by atoms with van der Waals surface area (Å²) in [6.07, 6.45) is 1.61. The van der Waals surface area contributed by atoms with Gasteiger partial charge in [-0.15, -0.1) is 0 Å². The minimum atomic E-state index is -0.372. The smallest absolute Gasteiger partial charge is 0.124 e. The molecule has 6 radical (unpaired) electrons. The van der Waals surface area contributed by atoms with Gasteiger partial charge in [-0.3, -0.25) is 0 Å². The Balaban J connectivity index is 2.21.